The van der Waals surface area contributed by atoms with Gasteiger partial charge in [0, 0.05) is 11.1 Å². The lowest BCUT2D eigenvalue weighted by molar-refractivity contribution is 0.365. The highest BCUT2D eigenvalue weighted by molar-refractivity contribution is 7.95. The van der Waals surface area contributed by atoms with Gasteiger partial charge in [0.1, 0.15) is 11.9 Å². The number of hydrogen-bond acceptors (Lipinski definition) is 5. The highest BCUT2D eigenvalue weighted by atomic mass is 35.5. The van der Waals surface area contributed by atoms with Crippen molar-refractivity contribution in [3.05, 3.63) is 33.9 Å². The molecule has 1 heterocycles. The minimum atomic E-state index is -3.83. The fourth-order valence-electron chi connectivity index (χ4n) is 2.23. The van der Waals surface area contributed by atoms with Crippen LogP contribution in [-0.2, 0) is 9.84 Å². The first-order valence-electron chi connectivity index (χ1n) is 6.25. The Morgan fingerprint density at radius 3 is 2.75 bits per heavy atom. The Morgan fingerprint density at radius 2 is 2.15 bits per heavy atom. The van der Waals surface area contributed by atoms with E-state index in [0.29, 0.717) is 10.7 Å². The third-order valence-electron chi connectivity index (χ3n) is 3.54. The van der Waals surface area contributed by atoms with E-state index in [0.717, 1.165) is 19.3 Å². The van der Waals surface area contributed by atoms with Gasteiger partial charge in [-0.05, 0) is 37.5 Å². The minimum absolute atomic E-state index is 0.0423. The Balaban J connectivity index is 2.09. The predicted octanol–water partition coefficient (Wildman–Crippen LogP) is 2.37. The molecule has 0 spiro atoms. The van der Waals surface area contributed by atoms with Gasteiger partial charge in [-0.2, -0.15) is 5.26 Å². The molecule has 1 saturated carbocycles. The molecule has 1 aromatic rings. The van der Waals surface area contributed by atoms with Gasteiger partial charge in [-0.1, -0.05) is 11.6 Å². The molecular weight excluding hydrogens is 298 g/mol. The van der Waals surface area contributed by atoms with Crippen LogP contribution in [0.5, 0.6) is 0 Å². The van der Waals surface area contributed by atoms with Crippen molar-refractivity contribution in [2.24, 2.45) is 0 Å². The molecule has 7 heteroatoms. The number of fused-ring (bicyclic) bond motifs is 1. The lowest BCUT2D eigenvalue weighted by atomic mass is 9.93. The second-order valence-corrected chi connectivity index (χ2v) is 7.15. The smallest absolute Gasteiger partial charge is 0.222 e. The largest absolute Gasteiger partial charge is 0.367 e. The number of nitriles is 1. The molecule has 1 aliphatic heterocycles. The van der Waals surface area contributed by atoms with Gasteiger partial charge in [0.2, 0.25) is 9.84 Å². The van der Waals surface area contributed by atoms with Crippen LogP contribution in [0.15, 0.2) is 33.8 Å². The van der Waals surface area contributed by atoms with Crippen LogP contribution < -0.4 is 10.6 Å². The van der Waals surface area contributed by atoms with Crippen molar-refractivity contribution in [3.8, 4) is 6.07 Å². The van der Waals surface area contributed by atoms with Crippen LogP contribution in [0.2, 0.25) is 5.02 Å². The second-order valence-electron chi connectivity index (χ2n) is 4.86. The number of hydrogen-bond donors (Lipinski definition) is 2. The quantitative estimate of drug-likeness (QED) is 0.876. The summed E-state index contributed by atoms with van der Waals surface area (Å²) in [6, 6.07) is 6.58. The maximum atomic E-state index is 12.5. The first-order valence-corrected chi connectivity index (χ1v) is 8.11. The van der Waals surface area contributed by atoms with E-state index in [4.69, 9.17) is 11.6 Å². The third-order valence-corrected chi connectivity index (χ3v) is 5.53. The van der Waals surface area contributed by atoms with Gasteiger partial charge in [0.05, 0.1) is 10.6 Å². The molecule has 2 aliphatic rings. The molecule has 0 atom stereocenters. The molecule has 20 heavy (non-hydrogen) atoms. The lowest BCUT2D eigenvalue weighted by Crippen LogP contribution is -2.39. The summed E-state index contributed by atoms with van der Waals surface area (Å²) in [6.07, 6.45) is 3.08. The number of nitrogens with one attached hydrogen (secondary N) is 2. The highest BCUT2D eigenvalue weighted by Gasteiger charge is 2.34. The monoisotopic (exact) mass is 309 g/mol. The van der Waals surface area contributed by atoms with Crippen molar-refractivity contribution in [3.63, 3.8) is 0 Å². The van der Waals surface area contributed by atoms with E-state index in [2.05, 4.69) is 10.6 Å². The minimum Gasteiger partial charge on any atom is -0.367 e. The predicted molar refractivity (Wildman–Crippen MR) is 75.7 cm³/mol. The molecule has 1 aromatic carbocycles. The molecule has 5 nitrogen and oxygen atoms in total. The van der Waals surface area contributed by atoms with Crippen LogP contribution in [0.25, 0.3) is 0 Å². The third kappa shape index (κ3) is 2.03. The molecule has 104 valence electrons. The molecule has 0 bridgehead atoms. The summed E-state index contributed by atoms with van der Waals surface area (Å²) in [4.78, 5) is -0.236. The summed E-state index contributed by atoms with van der Waals surface area (Å²) < 4.78 is 24.9. The Morgan fingerprint density at radius 1 is 1.40 bits per heavy atom. The molecule has 0 radical (unpaired) electrons. The molecule has 0 saturated heterocycles. The second kappa shape index (κ2) is 4.69. The summed E-state index contributed by atoms with van der Waals surface area (Å²) in [5.41, 5.74) is 0.440. The van der Waals surface area contributed by atoms with Crippen molar-refractivity contribution >= 4 is 27.1 Å². The van der Waals surface area contributed by atoms with E-state index >= 15 is 0 Å². The van der Waals surface area contributed by atoms with E-state index in [-0.39, 0.29) is 21.7 Å². The lowest BCUT2D eigenvalue weighted by Gasteiger charge is -2.31. The number of allylic oxidation sites excluding steroid dienone is 1. The molecule has 2 N–H and O–H groups in total. The number of anilines is 1. The topological polar surface area (TPSA) is 82.0 Å². The molecule has 0 amide bonds. The molecule has 3 rings (SSSR count). The summed E-state index contributed by atoms with van der Waals surface area (Å²) in [7, 11) is -3.83. The van der Waals surface area contributed by atoms with E-state index in [1.165, 1.54) is 6.07 Å². The van der Waals surface area contributed by atoms with Crippen LogP contribution >= 0.6 is 11.6 Å². The van der Waals surface area contributed by atoms with Gasteiger partial charge in [-0.3, -0.25) is 0 Å². The molecule has 0 unspecified atom stereocenters. The van der Waals surface area contributed by atoms with Crippen LogP contribution in [0.1, 0.15) is 19.3 Å². The SMILES string of the molecule is N#CC1=C(NC2CCC2)Nc2ccc(Cl)cc2S1(=O)=O. The normalized spacial score (nSPS) is 20.4. The Labute approximate surface area is 122 Å². The van der Waals surface area contributed by atoms with Crippen molar-refractivity contribution < 1.29 is 8.42 Å². The average Bonchev–Trinajstić information content (AvgIpc) is 2.35. The van der Waals surface area contributed by atoms with E-state index < -0.39 is 9.84 Å². The zero-order chi connectivity index (χ0) is 14.3. The van der Waals surface area contributed by atoms with Crippen molar-refractivity contribution in [2.75, 3.05) is 5.32 Å². The van der Waals surface area contributed by atoms with Gasteiger partial charge >= 0.3 is 0 Å². The van der Waals surface area contributed by atoms with E-state index in [1.54, 1.807) is 18.2 Å². The Hall–Kier alpha value is -1.71. The van der Waals surface area contributed by atoms with Crippen LogP contribution in [0.4, 0.5) is 5.69 Å². The average molecular weight is 310 g/mol. The summed E-state index contributed by atoms with van der Waals surface area (Å²) >= 11 is 5.84. The maximum absolute atomic E-state index is 12.5. The Bertz CT molecular complexity index is 745. The molecule has 0 aromatic heterocycles. The van der Waals surface area contributed by atoms with Gasteiger partial charge in [-0.25, -0.2) is 8.42 Å². The number of sulfone groups is 1. The van der Waals surface area contributed by atoms with Crippen molar-refractivity contribution in [1.29, 1.82) is 5.26 Å². The Kier molecular flexibility index (Phi) is 3.11. The molecule has 1 fully saturated rings. The van der Waals surface area contributed by atoms with E-state index in [9.17, 15) is 13.7 Å². The van der Waals surface area contributed by atoms with Crippen LogP contribution in [0.3, 0.4) is 0 Å². The number of rotatable bonds is 2. The zero-order valence-corrected chi connectivity index (χ0v) is 12.1. The van der Waals surface area contributed by atoms with Gasteiger partial charge in [-0.15, -0.1) is 0 Å². The van der Waals surface area contributed by atoms with Crippen molar-refractivity contribution in [2.45, 2.75) is 30.2 Å². The number of halogens is 1. The number of benzene rings is 1. The van der Waals surface area contributed by atoms with Crippen molar-refractivity contribution in [1.82, 2.24) is 5.32 Å². The van der Waals surface area contributed by atoms with Gasteiger partial charge < -0.3 is 10.6 Å². The van der Waals surface area contributed by atoms with Gasteiger partial charge in [0.15, 0.2) is 4.91 Å². The fraction of sp³-hybridized carbons (Fsp3) is 0.308. The van der Waals surface area contributed by atoms with Gasteiger partial charge in [0.25, 0.3) is 0 Å². The molecule has 1 aliphatic carbocycles. The summed E-state index contributed by atoms with van der Waals surface area (Å²) in [5, 5.41) is 15.6. The van der Waals surface area contributed by atoms with E-state index in [1.807, 2.05) is 0 Å². The number of nitrogens with zero attached hydrogens (tertiary/aromatic N) is 1. The first kappa shape index (κ1) is 13.3. The maximum Gasteiger partial charge on any atom is 0.222 e. The zero-order valence-electron chi connectivity index (χ0n) is 10.5. The van der Waals surface area contributed by atoms with Crippen LogP contribution in [-0.4, -0.2) is 14.5 Å². The highest BCUT2D eigenvalue weighted by Crippen LogP contribution is 2.35. The summed E-state index contributed by atoms with van der Waals surface area (Å²) in [6.45, 7) is 0. The van der Waals surface area contributed by atoms with Crippen LogP contribution in [0, 0.1) is 11.3 Å². The fourth-order valence-corrected chi connectivity index (χ4v) is 3.88. The summed E-state index contributed by atoms with van der Waals surface area (Å²) in [5.74, 6) is 0.270. The standard InChI is InChI=1S/C13H12ClN3O2S/c14-8-4-5-10-11(6-8)20(18,19)12(7-15)13(17-10)16-9-2-1-3-9/h4-6,9,16-17H,1-3H2. The molecular formula is C13H12ClN3O2S. The first-order chi connectivity index (χ1) is 9.52.